The zero-order chi connectivity index (χ0) is 30.7. The van der Waals surface area contributed by atoms with E-state index in [1.807, 2.05) is 42.5 Å². The van der Waals surface area contributed by atoms with Crippen molar-refractivity contribution >= 4 is 35.2 Å². The van der Waals surface area contributed by atoms with Crippen molar-refractivity contribution in [3.05, 3.63) is 85.5 Å². The number of carbonyl (C=O) groups excluding carboxylic acids is 3. The van der Waals surface area contributed by atoms with Crippen LogP contribution in [0.2, 0.25) is 0 Å². The first-order chi connectivity index (χ1) is 20.8. The van der Waals surface area contributed by atoms with Gasteiger partial charge in [0.05, 0.1) is 42.9 Å². The number of thioether (sulfide) groups is 1. The van der Waals surface area contributed by atoms with E-state index in [0.29, 0.717) is 24.3 Å². The van der Waals surface area contributed by atoms with Crippen molar-refractivity contribution in [1.29, 1.82) is 0 Å². The molecule has 0 radical (unpaired) electrons. The molecule has 8 nitrogen and oxygen atoms in total. The molecule has 3 unspecified atom stereocenters. The van der Waals surface area contributed by atoms with Gasteiger partial charge in [-0.1, -0.05) is 49.4 Å². The third-order valence-electron chi connectivity index (χ3n) is 9.14. The first kappa shape index (κ1) is 30.9. The molecule has 2 amide bonds. The molecule has 3 heterocycles. The van der Waals surface area contributed by atoms with Crippen LogP contribution in [-0.2, 0) is 19.1 Å². The van der Waals surface area contributed by atoms with E-state index in [9.17, 15) is 19.5 Å². The summed E-state index contributed by atoms with van der Waals surface area (Å²) in [4.78, 5) is 46.4. The molecular formula is C34H40N2O6S. The molecular weight excluding hydrogens is 564 g/mol. The number of hydrogen-bond acceptors (Lipinski definition) is 7. The van der Waals surface area contributed by atoms with E-state index >= 15 is 0 Å². The number of likely N-dealkylation sites (tertiary alicyclic amines) is 1. The summed E-state index contributed by atoms with van der Waals surface area (Å²) in [5.74, 6) is -1.73. The number of rotatable bonds is 13. The van der Waals surface area contributed by atoms with Gasteiger partial charge in [-0.05, 0) is 55.0 Å². The Morgan fingerprint density at radius 3 is 2.51 bits per heavy atom. The predicted octanol–water partition coefficient (Wildman–Crippen LogP) is 4.79. The maximum atomic E-state index is 14.9. The van der Waals surface area contributed by atoms with Crippen LogP contribution in [0.3, 0.4) is 0 Å². The van der Waals surface area contributed by atoms with Crippen LogP contribution in [0, 0.1) is 17.8 Å². The third kappa shape index (κ3) is 5.27. The molecule has 9 heteroatoms. The summed E-state index contributed by atoms with van der Waals surface area (Å²) < 4.78 is 10.2. The lowest BCUT2D eigenvalue weighted by Gasteiger charge is -2.42. The van der Waals surface area contributed by atoms with Gasteiger partial charge < -0.3 is 24.4 Å². The van der Waals surface area contributed by atoms with Crippen LogP contribution < -0.4 is 9.64 Å². The molecule has 0 aromatic heterocycles. The summed E-state index contributed by atoms with van der Waals surface area (Å²) in [5.41, 5.74) is 1.37. The predicted molar refractivity (Wildman–Crippen MR) is 168 cm³/mol. The van der Waals surface area contributed by atoms with E-state index in [1.165, 1.54) is 0 Å². The van der Waals surface area contributed by atoms with Gasteiger partial charge in [-0.25, -0.2) is 0 Å². The number of aliphatic hydroxyl groups is 1. The number of carbonyl (C=O) groups is 3. The van der Waals surface area contributed by atoms with E-state index in [0.717, 1.165) is 12.0 Å². The zero-order valence-electron chi connectivity index (χ0n) is 24.8. The lowest BCUT2D eigenvalue weighted by molar-refractivity contribution is -0.155. The molecule has 3 aliphatic heterocycles. The monoisotopic (exact) mass is 604 g/mol. The number of unbranched alkanes of at least 4 members (excludes halogenated alkanes) is 1. The molecule has 3 fully saturated rings. The minimum absolute atomic E-state index is 0.0308. The topological polar surface area (TPSA) is 96.4 Å². The average Bonchev–Trinajstić information content (AvgIpc) is 3.62. The van der Waals surface area contributed by atoms with E-state index in [2.05, 4.69) is 20.1 Å². The number of fused-ring (bicyclic) bond motifs is 1. The van der Waals surface area contributed by atoms with E-state index < -0.39 is 28.7 Å². The second-order valence-corrected chi connectivity index (χ2v) is 13.0. The Kier molecular flexibility index (Phi) is 9.32. The number of methoxy groups -OCH3 is 1. The van der Waals surface area contributed by atoms with Crippen molar-refractivity contribution in [3.63, 3.8) is 0 Å². The summed E-state index contributed by atoms with van der Waals surface area (Å²) in [6.07, 6.45) is 5.52. The lowest BCUT2D eigenvalue weighted by Crippen LogP contribution is -2.58. The number of nitrogens with zero attached hydrogens (tertiary/aromatic N) is 2. The van der Waals surface area contributed by atoms with Gasteiger partial charge >= 0.3 is 5.97 Å². The Morgan fingerprint density at radius 1 is 1.16 bits per heavy atom. The summed E-state index contributed by atoms with van der Waals surface area (Å²) >= 11 is 1.59. The molecule has 3 saturated heterocycles. The Balaban J connectivity index is 1.60. The van der Waals surface area contributed by atoms with Crippen LogP contribution in [0.5, 0.6) is 5.75 Å². The standard InChI is InChI=1S/C34H40N2O6S/c1-5-7-11-19-42-33(40)28-27-20-22(3)34(43-27)29(28)31(38)36(26(21-37)23-12-9-8-10-13-23)30(34)32(39)35(18-6-2)24-14-16-25(41-4)17-15-24/h5-6,8-10,12-17,22,26-30,37H,1-2,7,11,18-21H2,3-4H3/t22?,26-,27+,28-,29+,30?,34?/m1/s1. The highest BCUT2D eigenvalue weighted by atomic mass is 32.2. The van der Waals surface area contributed by atoms with Crippen molar-refractivity contribution in [2.24, 2.45) is 17.8 Å². The Labute approximate surface area is 257 Å². The van der Waals surface area contributed by atoms with E-state index in [-0.39, 0.29) is 48.7 Å². The van der Waals surface area contributed by atoms with Gasteiger partial charge in [0.1, 0.15) is 11.8 Å². The van der Waals surface area contributed by atoms with Gasteiger partial charge in [0, 0.05) is 17.5 Å². The van der Waals surface area contributed by atoms with Crippen LogP contribution in [0.25, 0.3) is 0 Å². The molecule has 7 atom stereocenters. The number of aliphatic hydroxyl groups excluding tert-OH is 1. The molecule has 43 heavy (non-hydrogen) atoms. The smallest absolute Gasteiger partial charge is 0.310 e. The molecule has 228 valence electrons. The minimum atomic E-state index is -0.923. The number of amides is 2. The molecule has 1 spiro atoms. The molecule has 1 N–H and O–H groups in total. The Hall–Kier alpha value is -3.56. The van der Waals surface area contributed by atoms with Crippen LogP contribution in [0.15, 0.2) is 79.9 Å². The minimum Gasteiger partial charge on any atom is -0.497 e. The summed E-state index contributed by atoms with van der Waals surface area (Å²) in [6, 6.07) is 14.8. The summed E-state index contributed by atoms with van der Waals surface area (Å²) in [6.45, 7) is 9.79. The highest BCUT2D eigenvalue weighted by Crippen LogP contribution is 2.69. The van der Waals surface area contributed by atoms with E-state index in [4.69, 9.17) is 9.47 Å². The average molecular weight is 605 g/mol. The first-order valence-electron chi connectivity index (χ1n) is 14.8. The van der Waals surface area contributed by atoms with Gasteiger partial charge in [-0.15, -0.1) is 24.9 Å². The van der Waals surface area contributed by atoms with Crippen molar-refractivity contribution in [1.82, 2.24) is 4.90 Å². The molecule has 0 saturated carbocycles. The molecule has 2 aromatic rings. The number of ether oxygens (including phenoxy) is 2. The lowest BCUT2D eigenvalue weighted by atomic mass is 9.66. The van der Waals surface area contributed by atoms with Gasteiger partial charge in [-0.3, -0.25) is 14.4 Å². The van der Waals surface area contributed by atoms with Gasteiger partial charge in [0.15, 0.2) is 0 Å². The normalized spacial score (nSPS) is 27.8. The number of hydrogen-bond donors (Lipinski definition) is 1. The fraction of sp³-hybridized carbons (Fsp3) is 0.441. The second-order valence-electron chi connectivity index (χ2n) is 11.4. The Morgan fingerprint density at radius 2 is 1.88 bits per heavy atom. The van der Waals surface area contributed by atoms with E-state index in [1.54, 1.807) is 53.0 Å². The number of anilines is 1. The van der Waals surface area contributed by atoms with Crippen molar-refractivity contribution in [3.8, 4) is 5.75 Å². The molecule has 2 aromatic carbocycles. The third-order valence-corrected chi connectivity index (χ3v) is 11.2. The van der Waals surface area contributed by atoms with Crippen LogP contribution >= 0.6 is 11.8 Å². The highest BCUT2D eigenvalue weighted by molar-refractivity contribution is 8.02. The molecule has 0 aliphatic carbocycles. The number of allylic oxidation sites excluding steroid dienone is 1. The zero-order valence-corrected chi connectivity index (χ0v) is 25.6. The maximum absolute atomic E-state index is 14.9. The van der Waals surface area contributed by atoms with Gasteiger partial charge in [0.25, 0.3) is 5.91 Å². The number of esters is 1. The van der Waals surface area contributed by atoms with Crippen molar-refractivity contribution < 1.29 is 29.0 Å². The van der Waals surface area contributed by atoms with Crippen molar-refractivity contribution in [2.45, 2.75) is 48.3 Å². The molecule has 2 bridgehead atoms. The quantitative estimate of drug-likeness (QED) is 0.200. The van der Waals surface area contributed by atoms with Crippen LogP contribution in [0.1, 0.15) is 37.8 Å². The van der Waals surface area contributed by atoms with Gasteiger partial charge in [-0.2, -0.15) is 0 Å². The fourth-order valence-electron chi connectivity index (χ4n) is 7.23. The SMILES string of the molecule is C=CCCCOC(=O)[C@@H]1[C@@H]2CC(C)C3(S2)C(C(=O)N(CC=C)c2ccc(OC)cc2)N([C@H](CO)c2ccccc2)C(=O)[C@H]13. The van der Waals surface area contributed by atoms with Crippen LogP contribution in [-0.4, -0.2) is 70.7 Å². The van der Waals surface area contributed by atoms with Crippen molar-refractivity contribution in [2.75, 3.05) is 31.8 Å². The Bertz CT molecular complexity index is 1350. The van der Waals surface area contributed by atoms with Gasteiger partial charge in [0.2, 0.25) is 5.91 Å². The first-order valence-corrected chi connectivity index (χ1v) is 15.7. The summed E-state index contributed by atoms with van der Waals surface area (Å²) in [7, 11) is 1.58. The number of benzene rings is 2. The molecule has 5 rings (SSSR count). The largest absolute Gasteiger partial charge is 0.497 e. The van der Waals surface area contributed by atoms with Crippen LogP contribution in [0.4, 0.5) is 5.69 Å². The fourth-order valence-corrected chi connectivity index (χ4v) is 9.62. The second kappa shape index (κ2) is 13.0. The summed E-state index contributed by atoms with van der Waals surface area (Å²) in [5, 5.41) is 10.6. The highest BCUT2D eigenvalue weighted by Gasteiger charge is 2.77. The molecule has 3 aliphatic rings. The maximum Gasteiger partial charge on any atom is 0.310 e.